The molecule has 0 amide bonds. The highest BCUT2D eigenvalue weighted by molar-refractivity contribution is 4.87. The maximum atomic E-state index is 5.66. The predicted molar refractivity (Wildman–Crippen MR) is 54.3 cm³/mol. The van der Waals surface area contributed by atoms with Gasteiger partial charge in [-0.05, 0) is 25.7 Å². The fourth-order valence-electron chi connectivity index (χ4n) is 1.14. The van der Waals surface area contributed by atoms with Crippen LogP contribution in [0.5, 0.6) is 0 Å². The van der Waals surface area contributed by atoms with Crippen LogP contribution in [0.15, 0.2) is 12.2 Å². The maximum Gasteiger partial charge on any atom is 0.0675 e. The first-order valence-corrected chi connectivity index (χ1v) is 4.82. The number of hydrogen-bond donors (Lipinski definition) is 0. The van der Waals surface area contributed by atoms with Gasteiger partial charge in [0.05, 0.1) is 12.7 Å². The Labute approximate surface area is 76.8 Å². The van der Waals surface area contributed by atoms with Crippen LogP contribution in [0, 0.1) is 5.92 Å². The topological polar surface area (TPSA) is 9.23 Å². The smallest absolute Gasteiger partial charge is 0.0675 e. The van der Waals surface area contributed by atoms with Crippen LogP contribution >= 0.6 is 0 Å². The van der Waals surface area contributed by atoms with E-state index in [0.717, 1.165) is 24.3 Å². The minimum absolute atomic E-state index is 0.418. The van der Waals surface area contributed by atoms with Crippen molar-refractivity contribution in [2.45, 2.75) is 46.6 Å². The van der Waals surface area contributed by atoms with Gasteiger partial charge in [-0.1, -0.05) is 32.9 Å². The van der Waals surface area contributed by atoms with Gasteiger partial charge < -0.3 is 4.74 Å². The summed E-state index contributed by atoms with van der Waals surface area (Å²) in [4.78, 5) is 0. The third kappa shape index (κ3) is 6.41. The lowest BCUT2D eigenvalue weighted by molar-refractivity contribution is 0.0519. The summed E-state index contributed by atoms with van der Waals surface area (Å²) < 4.78 is 5.66. The van der Waals surface area contributed by atoms with E-state index in [2.05, 4.69) is 27.4 Å². The Morgan fingerprint density at radius 2 is 2.00 bits per heavy atom. The summed E-state index contributed by atoms with van der Waals surface area (Å²) in [6.07, 6.45) is 2.68. The molecule has 1 unspecified atom stereocenters. The summed E-state index contributed by atoms with van der Waals surface area (Å²) >= 11 is 0. The van der Waals surface area contributed by atoms with Gasteiger partial charge in [0.15, 0.2) is 0 Å². The summed E-state index contributed by atoms with van der Waals surface area (Å²) in [7, 11) is 0. The van der Waals surface area contributed by atoms with Crippen LogP contribution in [0.1, 0.15) is 40.5 Å². The molecule has 0 saturated carbocycles. The van der Waals surface area contributed by atoms with Crippen LogP contribution in [0.25, 0.3) is 0 Å². The molecule has 0 radical (unpaired) electrons. The van der Waals surface area contributed by atoms with E-state index in [1.165, 1.54) is 0 Å². The Morgan fingerprint density at radius 1 is 1.42 bits per heavy atom. The van der Waals surface area contributed by atoms with Crippen molar-refractivity contribution in [3.8, 4) is 0 Å². The van der Waals surface area contributed by atoms with E-state index in [-0.39, 0.29) is 0 Å². The predicted octanol–water partition coefficient (Wildman–Crippen LogP) is 3.40. The Bertz CT molecular complexity index is 127. The van der Waals surface area contributed by atoms with Gasteiger partial charge in [0.25, 0.3) is 0 Å². The second-order valence-electron chi connectivity index (χ2n) is 3.93. The molecule has 0 saturated heterocycles. The summed E-state index contributed by atoms with van der Waals surface area (Å²) in [5, 5.41) is 0. The summed E-state index contributed by atoms with van der Waals surface area (Å²) in [5.41, 5.74) is 1.11. The zero-order chi connectivity index (χ0) is 9.56. The standard InChI is InChI=1S/C11H22O/c1-6-11(7-9(2)3)12-8-10(4)5/h9,11H,4,6-8H2,1-3,5H3. The molecule has 0 aromatic rings. The molecule has 0 N–H and O–H groups in total. The molecular weight excluding hydrogens is 148 g/mol. The van der Waals surface area contributed by atoms with Gasteiger partial charge in [-0.3, -0.25) is 0 Å². The first-order valence-electron chi connectivity index (χ1n) is 4.82. The van der Waals surface area contributed by atoms with Crippen molar-refractivity contribution < 1.29 is 4.74 Å². The number of ether oxygens (including phenoxy) is 1. The average Bonchev–Trinajstić information content (AvgIpc) is 1.97. The second-order valence-corrected chi connectivity index (χ2v) is 3.93. The monoisotopic (exact) mass is 170 g/mol. The van der Waals surface area contributed by atoms with Gasteiger partial charge in [-0.25, -0.2) is 0 Å². The Balaban J connectivity index is 3.60. The highest BCUT2D eigenvalue weighted by atomic mass is 16.5. The zero-order valence-corrected chi connectivity index (χ0v) is 8.89. The molecule has 0 aliphatic rings. The number of rotatable bonds is 6. The molecular formula is C11H22O. The molecule has 0 aliphatic carbocycles. The lowest BCUT2D eigenvalue weighted by Crippen LogP contribution is -2.15. The summed E-state index contributed by atoms with van der Waals surface area (Å²) in [6.45, 7) is 13.2. The summed E-state index contributed by atoms with van der Waals surface area (Å²) in [5.74, 6) is 0.722. The quantitative estimate of drug-likeness (QED) is 0.555. The zero-order valence-electron chi connectivity index (χ0n) is 8.89. The van der Waals surface area contributed by atoms with E-state index in [4.69, 9.17) is 4.74 Å². The van der Waals surface area contributed by atoms with Crippen molar-refractivity contribution in [3.05, 3.63) is 12.2 Å². The normalized spacial score (nSPS) is 13.4. The summed E-state index contributed by atoms with van der Waals surface area (Å²) in [6, 6.07) is 0. The molecule has 1 heteroatoms. The van der Waals surface area contributed by atoms with Crippen molar-refractivity contribution in [1.29, 1.82) is 0 Å². The van der Waals surface area contributed by atoms with Crippen molar-refractivity contribution in [2.75, 3.05) is 6.61 Å². The lowest BCUT2D eigenvalue weighted by Gasteiger charge is -2.17. The third-order valence-electron chi connectivity index (χ3n) is 1.76. The molecule has 0 aliphatic heterocycles. The van der Waals surface area contributed by atoms with Crippen LogP contribution in [-0.2, 0) is 4.74 Å². The minimum Gasteiger partial charge on any atom is -0.374 e. The molecule has 0 fully saturated rings. The van der Waals surface area contributed by atoms with Crippen LogP contribution < -0.4 is 0 Å². The van der Waals surface area contributed by atoms with E-state index in [1.807, 2.05) is 6.92 Å². The van der Waals surface area contributed by atoms with Gasteiger partial charge in [-0.15, -0.1) is 0 Å². The lowest BCUT2D eigenvalue weighted by atomic mass is 10.0. The average molecular weight is 170 g/mol. The van der Waals surface area contributed by atoms with Crippen molar-refractivity contribution in [2.24, 2.45) is 5.92 Å². The van der Waals surface area contributed by atoms with E-state index >= 15 is 0 Å². The van der Waals surface area contributed by atoms with Crippen LogP contribution in [0.2, 0.25) is 0 Å². The molecule has 0 aromatic heterocycles. The largest absolute Gasteiger partial charge is 0.374 e. The SMILES string of the molecule is C=C(C)COC(CC)CC(C)C. The molecule has 72 valence electrons. The maximum absolute atomic E-state index is 5.66. The fourth-order valence-corrected chi connectivity index (χ4v) is 1.14. The second kappa shape index (κ2) is 6.24. The fraction of sp³-hybridized carbons (Fsp3) is 0.818. The molecule has 0 bridgehead atoms. The third-order valence-corrected chi connectivity index (χ3v) is 1.76. The van der Waals surface area contributed by atoms with E-state index in [9.17, 15) is 0 Å². The van der Waals surface area contributed by atoms with E-state index in [1.54, 1.807) is 0 Å². The highest BCUT2D eigenvalue weighted by Crippen LogP contribution is 2.11. The Morgan fingerprint density at radius 3 is 2.33 bits per heavy atom. The molecule has 12 heavy (non-hydrogen) atoms. The highest BCUT2D eigenvalue weighted by Gasteiger charge is 2.08. The molecule has 1 atom stereocenters. The van der Waals surface area contributed by atoms with E-state index in [0.29, 0.717) is 12.7 Å². The van der Waals surface area contributed by atoms with Crippen molar-refractivity contribution in [3.63, 3.8) is 0 Å². The van der Waals surface area contributed by atoms with Gasteiger partial charge >= 0.3 is 0 Å². The molecule has 0 rings (SSSR count). The van der Waals surface area contributed by atoms with E-state index < -0.39 is 0 Å². The van der Waals surface area contributed by atoms with Gasteiger partial charge in [0.1, 0.15) is 0 Å². The minimum atomic E-state index is 0.418. The molecule has 0 aromatic carbocycles. The first kappa shape index (κ1) is 11.7. The molecule has 1 nitrogen and oxygen atoms in total. The van der Waals surface area contributed by atoms with Crippen LogP contribution in [0.3, 0.4) is 0 Å². The van der Waals surface area contributed by atoms with Crippen LogP contribution in [-0.4, -0.2) is 12.7 Å². The Kier molecular flexibility index (Phi) is 6.09. The molecule has 0 heterocycles. The van der Waals surface area contributed by atoms with Gasteiger partial charge in [0.2, 0.25) is 0 Å². The van der Waals surface area contributed by atoms with Gasteiger partial charge in [0, 0.05) is 0 Å². The van der Waals surface area contributed by atoms with Crippen LogP contribution in [0.4, 0.5) is 0 Å². The van der Waals surface area contributed by atoms with Crippen molar-refractivity contribution in [1.82, 2.24) is 0 Å². The van der Waals surface area contributed by atoms with Gasteiger partial charge in [-0.2, -0.15) is 0 Å². The Hall–Kier alpha value is -0.300. The first-order chi connectivity index (χ1) is 5.56. The van der Waals surface area contributed by atoms with Crippen molar-refractivity contribution >= 4 is 0 Å². The number of hydrogen-bond acceptors (Lipinski definition) is 1. The molecule has 0 spiro atoms.